The van der Waals surface area contributed by atoms with Crippen molar-refractivity contribution < 1.29 is 20.1 Å². The molecule has 0 atom stereocenters. The van der Waals surface area contributed by atoms with Gasteiger partial charge in [0, 0.05) is 11.1 Å². The van der Waals surface area contributed by atoms with E-state index in [0.29, 0.717) is 6.29 Å². The van der Waals surface area contributed by atoms with Gasteiger partial charge in [-0.1, -0.05) is 36.4 Å². The highest BCUT2D eigenvalue weighted by Gasteiger charge is 2.28. The van der Waals surface area contributed by atoms with E-state index in [1.807, 2.05) is 0 Å². The van der Waals surface area contributed by atoms with Crippen molar-refractivity contribution in [1.29, 1.82) is 0 Å². The van der Waals surface area contributed by atoms with Crippen molar-refractivity contribution in [2.24, 2.45) is 0 Å². The quantitative estimate of drug-likeness (QED) is 0.563. The summed E-state index contributed by atoms with van der Waals surface area (Å²) in [5.74, 6) is -2.49. The number of benzene rings is 2. The minimum Gasteiger partial charge on any atom is -0.507 e. The first kappa shape index (κ1) is 12.3. The topological polar surface area (TPSA) is 77.8 Å². The van der Waals surface area contributed by atoms with Crippen LogP contribution in [0.15, 0.2) is 48.5 Å². The fraction of sp³-hybridized carbons (Fsp3) is 0.0714. The zero-order chi connectivity index (χ0) is 13.2. The molecular weight excluding hydrogens is 232 g/mol. The van der Waals surface area contributed by atoms with Crippen LogP contribution >= 0.6 is 0 Å². The van der Waals surface area contributed by atoms with Gasteiger partial charge < -0.3 is 15.3 Å². The van der Waals surface area contributed by atoms with Crippen molar-refractivity contribution in [1.82, 2.24) is 0 Å². The van der Waals surface area contributed by atoms with Gasteiger partial charge in [-0.05, 0) is 12.1 Å². The van der Waals surface area contributed by atoms with Crippen LogP contribution in [0.1, 0.15) is 21.5 Å². The monoisotopic (exact) mass is 244 g/mol. The summed E-state index contributed by atoms with van der Waals surface area (Å²) in [7, 11) is 0. The highest BCUT2D eigenvalue weighted by atomic mass is 16.5. The standard InChI is InChI=1S/C14H12O4/c15-9-10-6-7-12(8-13(10)16)14(17,18)11-4-2-1-3-5-11/h1-9,16-18H. The number of aromatic hydroxyl groups is 1. The average Bonchev–Trinajstić information content (AvgIpc) is 2.39. The van der Waals surface area contributed by atoms with Crippen molar-refractivity contribution >= 4 is 6.29 Å². The Hall–Kier alpha value is -2.17. The summed E-state index contributed by atoms with van der Waals surface area (Å²) in [4.78, 5) is 10.6. The molecule has 4 nitrogen and oxygen atoms in total. The Morgan fingerprint density at radius 2 is 1.61 bits per heavy atom. The number of aliphatic hydroxyl groups is 2. The zero-order valence-corrected chi connectivity index (χ0v) is 9.45. The first-order valence-electron chi connectivity index (χ1n) is 5.34. The Balaban J connectivity index is 2.48. The summed E-state index contributed by atoms with van der Waals surface area (Å²) in [5.41, 5.74) is 0.475. The van der Waals surface area contributed by atoms with Gasteiger partial charge in [-0.15, -0.1) is 0 Å². The Morgan fingerprint density at radius 3 is 2.17 bits per heavy atom. The molecule has 2 aromatic carbocycles. The van der Waals surface area contributed by atoms with Crippen LogP contribution in [0.5, 0.6) is 5.75 Å². The zero-order valence-electron chi connectivity index (χ0n) is 9.45. The Kier molecular flexibility index (Phi) is 3.14. The van der Waals surface area contributed by atoms with E-state index in [1.165, 1.54) is 12.1 Å². The van der Waals surface area contributed by atoms with Crippen LogP contribution in [0.3, 0.4) is 0 Å². The predicted molar refractivity (Wildman–Crippen MR) is 65.2 cm³/mol. The first-order valence-corrected chi connectivity index (χ1v) is 5.34. The Morgan fingerprint density at radius 1 is 0.944 bits per heavy atom. The lowest BCUT2D eigenvalue weighted by molar-refractivity contribution is -0.132. The van der Waals surface area contributed by atoms with Gasteiger partial charge in [-0.3, -0.25) is 4.79 Å². The first-order chi connectivity index (χ1) is 8.55. The summed E-state index contributed by atoms with van der Waals surface area (Å²) >= 11 is 0. The van der Waals surface area contributed by atoms with Gasteiger partial charge in [0.1, 0.15) is 5.75 Å². The smallest absolute Gasteiger partial charge is 0.217 e. The van der Waals surface area contributed by atoms with E-state index < -0.39 is 5.79 Å². The third-order valence-corrected chi connectivity index (χ3v) is 2.74. The van der Waals surface area contributed by atoms with Crippen molar-refractivity contribution in [3.05, 3.63) is 65.2 Å². The van der Waals surface area contributed by atoms with E-state index in [1.54, 1.807) is 30.3 Å². The van der Waals surface area contributed by atoms with Crippen LogP contribution in [0, 0.1) is 0 Å². The van der Waals surface area contributed by atoms with E-state index >= 15 is 0 Å². The molecule has 3 N–H and O–H groups in total. The molecule has 0 aliphatic heterocycles. The lowest BCUT2D eigenvalue weighted by Gasteiger charge is -2.23. The molecule has 0 bridgehead atoms. The molecular formula is C14H12O4. The number of aldehydes is 1. The molecule has 2 aromatic rings. The maximum Gasteiger partial charge on any atom is 0.217 e. The normalized spacial score (nSPS) is 11.2. The van der Waals surface area contributed by atoms with E-state index in [0.717, 1.165) is 6.07 Å². The third-order valence-electron chi connectivity index (χ3n) is 2.74. The summed E-state index contributed by atoms with van der Waals surface area (Å²) < 4.78 is 0. The van der Waals surface area contributed by atoms with E-state index in [4.69, 9.17) is 0 Å². The molecule has 0 saturated heterocycles. The summed E-state index contributed by atoms with van der Waals surface area (Å²) in [6.07, 6.45) is 0.498. The van der Waals surface area contributed by atoms with E-state index in [9.17, 15) is 20.1 Å². The number of carbonyl (C=O) groups excluding carboxylic acids is 1. The van der Waals surface area contributed by atoms with Gasteiger partial charge in [-0.25, -0.2) is 0 Å². The molecule has 0 saturated carbocycles. The minimum atomic E-state index is -2.21. The molecule has 0 radical (unpaired) electrons. The Bertz CT molecular complexity index is 561. The fourth-order valence-corrected chi connectivity index (χ4v) is 1.70. The Labute approximate surface area is 104 Å². The highest BCUT2D eigenvalue weighted by molar-refractivity contribution is 5.79. The molecule has 18 heavy (non-hydrogen) atoms. The molecule has 2 rings (SSSR count). The number of phenolic OH excluding ortho intramolecular Hbond substituents is 1. The lowest BCUT2D eigenvalue weighted by Crippen LogP contribution is -2.26. The predicted octanol–water partition coefficient (Wildman–Crippen LogP) is 1.39. The summed E-state index contributed by atoms with van der Waals surface area (Å²) in [6, 6.07) is 12.1. The minimum absolute atomic E-state index is 0.0943. The van der Waals surface area contributed by atoms with Gasteiger partial charge in [-0.2, -0.15) is 0 Å². The molecule has 92 valence electrons. The number of hydrogen-bond donors (Lipinski definition) is 3. The van der Waals surface area contributed by atoms with E-state index in [2.05, 4.69) is 0 Å². The van der Waals surface area contributed by atoms with Crippen LogP contribution in [-0.4, -0.2) is 21.6 Å². The maximum atomic E-state index is 10.6. The molecule has 4 heteroatoms. The molecule has 0 amide bonds. The average molecular weight is 244 g/mol. The number of rotatable bonds is 3. The molecule has 0 unspecified atom stereocenters. The van der Waals surface area contributed by atoms with Crippen LogP contribution in [0.25, 0.3) is 0 Å². The van der Waals surface area contributed by atoms with Gasteiger partial charge in [0.2, 0.25) is 5.79 Å². The second-order valence-electron chi connectivity index (χ2n) is 3.93. The van der Waals surface area contributed by atoms with Gasteiger partial charge in [0.25, 0.3) is 0 Å². The number of hydrogen-bond acceptors (Lipinski definition) is 4. The molecule has 0 aromatic heterocycles. The van der Waals surface area contributed by atoms with E-state index in [-0.39, 0.29) is 22.4 Å². The SMILES string of the molecule is O=Cc1ccc(C(O)(O)c2ccccc2)cc1O. The number of carbonyl (C=O) groups is 1. The molecule has 0 aliphatic rings. The van der Waals surface area contributed by atoms with Gasteiger partial charge in [0.15, 0.2) is 6.29 Å². The van der Waals surface area contributed by atoms with Crippen LogP contribution in [0.4, 0.5) is 0 Å². The molecule has 0 aliphatic carbocycles. The van der Waals surface area contributed by atoms with Crippen LogP contribution < -0.4 is 0 Å². The molecule has 0 fully saturated rings. The number of phenols is 1. The third kappa shape index (κ3) is 2.11. The largest absolute Gasteiger partial charge is 0.507 e. The van der Waals surface area contributed by atoms with Gasteiger partial charge in [0.05, 0.1) is 5.56 Å². The van der Waals surface area contributed by atoms with Crippen LogP contribution in [-0.2, 0) is 5.79 Å². The van der Waals surface area contributed by atoms with Crippen molar-refractivity contribution in [2.75, 3.05) is 0 Å². The summed E-state index contributed by atoms with van der Waals surface area (Å²) in [5, 5.41) is 29.8. The molecule has 0 spiro atoms. The van der Waals surface area contributed by atoms with Crippen molar-refractivity contribution in [3.63, 3.8) is 0 Å². The second kappa shape index (κ2) is 4.60. The fourth-order valence-electron chi connectivity index (χ4n) is 1.70. The molecule has 0 heterocycles. The maximum absolute atomic E-state index is 10.6. The highest BCUT2D eigenvalue weighted by Crippen LogP contribution is 2.29. The second-order valence-corrected chi connectivity index (χ2v) is 3.93. The lowest BCUT2D eigenvalue weighted by atomic mass is 9.96. The van der Waals surface area contributed by atoms with Crippen LogP contribution in [0.2, 0.25) is 0 Å². The summed E-state index contributed by atoms with van der Waals surface area (Å²) in [6.45, 7) is 0. The van der Waals surface area contributed by atoms with Crippen molar-refractivity contribution in [2.45, 2.75) is 5.79 Å². The van der Waals surface area contributed by atoms with Gasteiger partial charge >= 0.3 is 0 Å². The van der Waals surface area contributed by atoms with Crippen molar-refractivity contribution in [3.8, 4) is 5.75 Å².